The SMILES string of the molecule is NS(=O)(=O)c1nc(C(F)(F)F)c([N+](=O)[O-])cc1OC(F)(F)F. The standard InChI is InChI=1S/C7H3F6N3O5S/c8-6(9,10)4-2(16(17)18)1-3(21-7(11,12)13)5(15-4)22(14,19)20/h1H,(H2,14,19,20). The zero-order valence-electron chi connectivity index (χ0n) is 9.77. The molecule has 0 atom stereocenters. The van der Waals surface area contributed by atoms with E-state index in [1.54, 1.807) is 0 Å². The summed E-state index contributed by atoms with van der Waals surface area (Å²) in [6.45, 7) is 0. The summed E-state index contributed by atoms with van der Waals surface area (Å²) in [6.07, 6.45) is -11.1. The maximum Gasteiger partial charge on any atom is 0.573 e. The van der Waals surface area contributed by atoms with Crippen LogP contribution in [0.15, 0.2) is 11.1 Å². The van der Waals surface area contributed by atoms with E-state index >= 15 is 0 Å². The molecule has 0 aliphatic rings. The smallest absolute Gasteiger partial charge is 0.402 e. The number of ether oxygens (including phenoxy) is 1. The molecule has 1 aromatic heterocycles. The van der Waals surface area contributed by atoms with Gasteiger partial charge in [0.05, 0.1) is 11.0 Å². The second kappa shape index (κ2) is 5.24. The van der Waals surface area contributed by atoms with Gasteiger partial charge in [-0.2, -0.15) is 13.2 Å². The van der Waals surface area contributed by atoms with E-state index in [9.17, 15) is 44.9 Å². The molecule has 0 spiro atoms. The number of nitro groups is 1. The van der Waals surface area contributed by atoms with Gasteiger partial charge in [0.2, 0.25) is 10.7 Å². The molecule has 15 heteroatoms. The third-order valence-electron chi connectivity index (χ3n) is 1.89. The number of hydrogen-bond acceptors (Lipinski definition) is 6. The average Bonchev–Trinajstić information content (AvgIpc) is 2.22. The molecule has 1 rings (SSSR count). The monoisotopic (exact) mass is 355 g/mol. The number of aromatic nitrogens is 1. The normalized spacial score (nSPS) is 13.0. The Labute approximate surface area is 116 Å². The van der Waals surface area contributed by atoms with Crippen LogP contribution >= 0.6 is 0 Å². The second-order valence-corrected chi connectivity index (χ2v) is 4.98. The third kappa shape index (κ3) is 4.17. The number of alkyl halides is 6. The quantitative estimate of drug-likeness (QED) is 0.498. The van der Waals surface area contributed by atoms with Crippen LogP contribution in [0.3, 0.4) is 0 Å². The molecule has 0 aliphatic carbocycles. The molecule has 1 heterocycles. The highest BCUT2D eigenvalue weighted by atomic mass is 32.2. The van der Waals surface area contributed by atoms with E-state index in [0.29, 0.717) is 0 Å². The van der Waals surface area contributed by atoms with Gasteiger partial charge in [-0.1, -0.05) is 0 Å². The van der Waals surface area contributed by atoms with Gasteiger partial charge in [0.25, 0.3) is 10.0 Å². The van der Waals surface area contributed by atoms with Gasteiger partial charge in [-0.15, -0.1) is 13.2 Å². The average molecular weight is 355 g/mol. The fraction of sp³-hybridized carbons (Fsp3) is 0.286. The predicted molar refractivity (Wildman–Crippen MR) is 53.9 cm³/mol. The van der Waals surface area contributed by atoms with Gasteiger partial charge in [-0.05, 0) is 0 Å². The number of rotatable bonds is 3. The molecule has 0 amide bonds. The second-order valence-electron chi connectivity index (χ2n) is 3.51. The lowest BCUT2D eigenvalue weighted by molar-refractivity contribution is -0.388. The van der Waals surface area contributed by atoms with Crippen LogP contribution in [0.4, 0.5) is 32.0 Å². The lowest BCUT2D eigenvalue weighted by Crippen LogP contribution is -2.24. The first-order chi connectivity index (χ1) is 9.63. The van der Waals surface area contributed by atoms with Crippen molar-refractivity contribution in [3.8, 4) is 5.75 Å². The van der Waals surface area contributed by atoms with Crippen LogP contribution in [0.25, 0.3) is 0 Å². The Morgan fingerprint density at radius 3 is 2.05 bits per heavy atom. The van der Waals surface area contributed by atoms with E-state index in [2.05, 4.69) is 14.9 Å². The molecule has 0 aliphatic heterocycles. The van der Waals surface area contributed by atoms with Gasteiger partial charge in [0.15, 0.2) is 5.75 Å². The van der Waals surface area contributed by atoms with Crippen LogP contribution in [0.1, 0.15) is 5.69 Å². The van der Waals surface area contributed by atoms with Crippen molar-refractivity contribution in [1.29, 1.82) is 0 Å². The Morgan fingerprint density at radius 1 is 1.23 bits per heavy atom. The zero-order valence-corrected chi connectivity index (χ0v) is 10.6. The Balaban J connectivity index is 3.78. The lowest BCUT2D eigenvalue weighted by atomic mass is 10.3. The largest absolute Gasteiger partial charge is 0.573 e. The number of primary sulfonamides is 1. The van der Waals surface area contributed by atoms with Gasteiger partial charge in [0, 0.05) is 0 Å². The topological polar surface area (TPSA) is 125 Å². The van der Waals surface area contributed by atoms with Crippen LogP contribution in [-0.4, -0.2) is 24.7 Å². The van der Waals surface area contributed by atoms with Crippen molar-refractivity contribution < 1.29 is 44.4 Å². The fourth-order valence-corrected chi connectivity index (χ4v) is 1.82. The predicted octanol–water partition coefficient (Wildman–Crippen LogP) is 1.55. The van der Waals surface area contributed by atoms with Gasteiger partial charge in [-0.25, -0.2) is 18.5 Å². The molecule has 2 N–H and O–H groups in total. The zero-order chi connectivity index (χ0) is 17.5. The minimum atomic E-state index is -5.55. The number of pyridine rings is 1. The summed E-state index contributed by atoms with van der Waals surface area (Å²) >= 11 is 0. The highest BCUT2D eigenvalue weighted by molar-refractivity contribution is 7.89. The van der Waals surface area contributed by atoms with Crippen LogP contribution in [-0.2, 0) is 16.2 Å². The molecule has 22 heavy (non-hydrogen) atoms. The van der Waals surface area contributed by atoms with E-state index in [1.807, 2.05) is 0 Å². The molecule has 0 saturated carbocycles. The summed E-state index contributed by atoms with van der Waals surface area (Å²) in [5, 5.41) is 13.0. The number of nitrogens with zero attached hydrogens (tertiary/aromatic N) is 2. The van der Waals surface area contributed by atoms with Crippen molar-refractivity contribution >= 4 is 15.7 Å². The van der Waals surface area contributed by atoms with Crippen molar-refractivity contribution in [2.75, 3.05) is 0 Å². The fourth-order valence-electron chi connectivity index (χ4n) is 1.22. The Hall–Kier alpha value is -2.16. The molecule has 0 bridgehead atoms. The first kappa shape index (κ1) is 17.9. The molecule has 1 aromatic rings. The summed E-state index contributed by atoms with van der Waals surface area (Å²) in [6, 6.07) is -0.372. The summed E-state index contributed by atoms with van der Waals surface area (Å²) < 4.78 is 99.2. The van der Waals surface area contributed by atoms with E-state index in [-0.39, 0.29) is 6.07 Å². The molecule has 0 aromatic carbocycles. The molecule has 0 radical (unpaired) electrons. The number of hydrogen-bond donors (Lipinski definition) is 1. The maximum absolute atomic E-state index is 12.6. The Bertz CT molecular complexity index is 713. The van der Waals surface area contributed by atoms with Crippen molar-refractivity contribution in [3.63, 3.8) is 0 Å². The van der Waals surface area contributed by atoms with Crippen molar-refractivity contribution in [2.45, 2.75) is 17.6 Å². The van der Waals surface area contributed by atoms with Crippen LogP contribution < -0.4 is 9.88 Å². The van der Waals surface area contributed by atoms with Crippen LogP contribution in [0.5, 0.6) is 5.75 Å². The highest BCUT2D eigenvalue weighted by Crippen LogP contribution is 2.39. The molecule has 8 nitrogen and oxygen atoms in total. The van der Waals surface area contributed by atoms with Gasteiger partial charge in [-0.3, -0.25) is 10.1 Å². The lowest BCUT2D eigenvalue weighted by Gasteiger charge is -2.13. The molecular weight excluding hydrogens is 352 g/mol. The first-order valence-electron chi connectivity index (χ1n) is 4.68. The number of halogens is 6. The summed E-state index contributed by atoms with van der Waals surface area (Å²) in [4.78, 5) is 11.1. The molecule has 0 saturated heterocycles. The minimum absolute atomic E-state index is 0.372. The van der Waals surface area contributed by atoms with E-state index in [0.717, 1.165) is 0 Å². The molecule has 0 fully saturated rings. The Morgan fingerprint density at radius 2 is 1.73 bits per heavy atom. The minimum Gasteiger partial charge on any atom is -0.402 e. The summed E-state index contributed by atoms with van der Waals surface area (Å²) in [7, 11) is -5.19. The maximum atomic E-state index is 12.6. The summed E-state index contributed by atoms with van der Waals surface area (Å²) in [5.74, 6) is -1.85. The van der Waals surface area contributed by atoms with E-state index in [1.165, 1.54) is 0 Å². The third-order valence-corrected chi connectivity index (χ3v) is 2.73. The number of nitrogens with two attached hydrogens (primary N) is 1. The van der Waals surface area contributed by atoms with Crippen molar-refractivity contribution in [3.05, 3.63) is 21.9 Å². The van der Waals surface area contributed by atoms with Crippen LogP contribution in [0.2, 0.25) is 0 Å². The van der Waals surface area contributed by atoms with Gasteiger partial charge in [0.1, 0.15) is 0 Å². The number of sulfonamides is 1. The van der Waals surface area contributed by atoms with E-state index in [4.69, 9.17) is 0 Å². The Kier molecular flexibility index (Phi) is 4.26. The highest BCUT2D eigenvalue weighted by Gasteiger charge is 2.44. The van der Waals surface area contributed by atoms with Crippen molar-refractivity contribution in [2.24, 2.45) is 5.14 Å². The first-order valence-corrected chi connectivity index (χ1v) is 6.22. The van der Waals surface area contributed by atoms with Crippen LogP contribution in [0, 0.1) is 10.1 Å². The molecule has 124 valence electrons. The molecule has 0 unspecified atom stereocenters. The van der Waals surface area contributed by atoms with E-state index < -0.39 is 49.6 Å². The molecular formula is C7H3F6N3O5S. The summed E-state index contributed by atoms with van der Waals surface area (Å²) in [5.41, 5.74) is -4.27. The van der Waals surface area contributed by atoms with Crippen molar-refractivity contribution in [1.82, 2.24) is 4.98 Å². The van der Waals surface area contributed by atoms with Gasteiger partial charge < -0.3 is 4.74 Å². The van der Waals surface area contributed by atoms with Gasteiger partial charge >= 0.3 is 18.2 Å².